The summed E-state index contributed by atoms with van der Waals surface area (Å²) in [4.78, 5) is 0. The van der Waals surface area contributed by atoms with Crippen molar-refractivity contribution in [2.24, 2.45) is 11.7 Å². The van der Waals surface area contributed by atoms with Crippen molar-refractivity contribution in [2.45, 2.75) is 44.6 Å². The van der Waals surface area contributed by atoms with Crippen molar-refractivity contribution in [1.82, 2.24) is 0 Å². The summed E-state index contributed by atoms with van der Waals surface area (Å²) in [6.07, 6.45) is 6.08. The van der Waals surface area contributed by atoms with E-state index >= 15 is 0 Å². The van der Waals surface area contributed by atoms with Gasteiger partial charge in [-0.05, 0) is 48.3 Å². The first kappa shape index (κ1) is 14.3. The average molecular weight is 279 g/mol. The molecule has 0 bridgehead atoms. The molecule has 0 atom stereocenters. The first-order valence-corrected chi connectivity index (χ1v) is 8.16. The van der Waals surface area contributed by atoms with E-state index < -0.39 is 0 Å². The third kappa shape index (κ3) is 3.03. The van der Waals surface area contributed by atoms with E-state index in [1.54, 1.807) is 0 Å². The second-order valence-electron chi connectivity index (χ2n) is 6.45. The van der Waals surface area contributed by atoms with E-state index in [4.69, 9.17) is 5.73 Å². The van der Waals surface area contributed by atoms with Gasteiger partial charge in [0, 0.05) is 5.54 Å². The van der Waals surface area contributed by atoms with Crippen LogP contribution in [0.25, 0.3) is 11.1 Å². The molecule has 110 valence electrons. The molecule has 3 rings (SSSR count). The van der Waals surface area contributed by atoms with E-state index in [1.807, 2.05) is 0 Å². The van der Waals surface area contributed by atoms with Crippen LogP contribution >= 0.6 is 0 Å². The Morgan fingerprint density at radius 1 is 0.905 bits per heavy atom. The van der Waals surface area contributed by atoms with Crippen molar-refractivity contribution in [2.75, 3.05) is 0 Å². The minimum atomic E-state index is -0.110. The van der Waals surface area contributed by atoms with E-state index in [0.29, 0.717) is 0 Å². The van der Waals surface area contributed by atoms with Crippen molar-refractivity contribution in [3.8, 4) is 11.1 Å². The number of hydrogen-bond donors (Lipinski definition) is 1. The number of rotatable bonds is 3. The minimum absolute atomic E-state index is 0.110. The van der Waals surface area contributed by atoms with Crippen molar-refractivity contribution in [3.05, 3.63) is 60.2 Å². The van der Waals surface area contributed by atoms with Crippen LogP contribution in [0.1, 0.15) is 44.6 Å². The molecule has 0 radical (unpaired) electrons. The highest BCUT2D eigenvalue weighted by molar-refractivity contribution is 5.63. The molecule has 2 aromatic rings. The molecule has 0 spiro atoms. The molecule has 2 N–H and O–H groups in total. The standard InChI is InChI=1S/C20H25N/c1-2-16-12-14-20(21,15-13-16)19-10-8-18(9-11-19)17-6-4-3-5-7-17/h3-11,16H,2,12-15,21H2,1H3. The summed E-state index contributed by atoms with van der Waals surface area (Å²) in [5.74, 6) is 0.880. The summed E-state index contributed by atoms with van der Waals surface area (Å²) in [5, 5.41) is 0. The fourth-order valence-corrected chi connectivity index (χ4v) is 3.51. The van der Waals surface area contributed by atoms with Gasteiger partial charge in [-0.3, -0.25) is 0 Å². The van der Waals surface area contributed by atoms with Crippen molar-refractivity contribution < 1.29 is 0 Å². The molecule has 0 saturated heterocycles. The highest BCUT2D eigenvalue weighted by atomic mass is 14.7. The lowest BCUT2D eigenvalue weighted by Crippen LogP contribution is -2.40. The molecule has 1 aliphatic rings. The second-order valence-corrected chi connectivity index (χ2v) is 6.45. The van der Waals surface area contributed by atoms with Gasteiger partial charge < -0.3 is 5.73 Å². The van der Waals surface area contributed by atoms with Crippen LogP contribution in [0.5, 0.6) is 0 Å². The van der Waals surface area contributed by atoms with Gasteiger partial charge in [-0.15, -0.1) is 0 Å². The Kier molecular flexibility index (Phi) is 4.12. The summed E-state index contributed by atoms with van der Waals surface area (Å²) in [7, 11) is 0. The van der Waals surface area contributed by atoms with Gasteiger partial charge in [0.25, 0.3) is 0 Å². The zero-order valence-corrected chi connectivity index (χ0v) is 12.9. The van der Waals surface area contributed by atoms with Gasteiger partial charge in [0.2, 0.25) is 0 Å². The van der Waals surface area contributed by atoms with Gasteiger partial charge in [-0.2, -0.15) is 0 Å². The van der Waals surface area contributed by atoms with Crippen LogP contribution in [0, 0.1) is 5.92 Å². The number of benzene rings is 2. The van der Waals surface area contributed by atoms with Crippen LogP contribution in [0.2, 0.25) is 0 Å². The van der Waals surface area contributed by atoms with Crippen LogP contribution in [0.4, 0.5) is 0 Å². The number of nitrogens with two attached hydrogens (primary N) is 1. The molecule has 21 heavy (non-hydrogen) atoms. The normalized spacial score (nSPS) is 25.7. The Morgan fingerprint density at radius 2 is 1.48 bits per heavy atom. The molecule has 1 fully saturated rings. The van der Waals surface area contributed by atoms with E-state index in [-0.39, 0.29) is 5.54 Å². The van der Waals surface area contributed by atoms with Crippen LogP contribution in [0.3, 0.4) is 0 Å². The van der Waals surface area contributed by atoms with E-state index in [9.17, 15) is 0 Å². The third-order valence-electron chi connectivity index (χ3n) is 5.14. The first-order chi connectivity index (χ1) is 10.2. The molecular formula is C20H25N. The van der Waals surface area contributed by atoms with Crippen LogP contribution in [0.15, 0.2) is 54.6 Å². The quantitative estimate of drug-likeness (QED) is 0.830. The zero-order valence-electron chi connectivity index (χ0n) is 12.9. The summed E-state index contributed by atoms with van der Waals surface area (Å²) >= 11 is 0. The highest BCUT2D eigenvalue weighted by Gasteiger charge is 2.32. The minimum Gasteiger partial charge on any atom is -0.321 e. The lowest BCUT2D eigenvalue weighted by molar-refractivity contribution is 0.232. The Bertz CT molecular complexity index is 563. The fourth-order valence-electron chi connectivity index (χ4n) is 3.51. The molecule has 1 aliphatic carbocycles. The number of hydrogen-bond acceptors (Lipinski definition) is 1. The van der Waals surface area contributed by atoms with Gasteiger partial charge in [0.15, 0.2) is 0 Å². The molecule has 0 heterocycles. The van der Waals surface area contributed by atoms with Gasteiger partial charge in [-0.1, -0.05) is 67.9 Å². The van der Waals surface area contributed by atoms with E-state index in [0.717, 1.165) is 18.8 Å². The Balaban J connectivity index is 1.78. The monoisotopic (exact) mass is 279 g/mol. The smallest absolute Gasteiger partial charge is 0.0409 e. The average Bonchev–Trinajstić information content (AvgIpc) is 2.57. The lowest BCUT2D eigenvalue weighted by atomic mass is 9.72. The van der Waals surface area contributed by atoms with Gasteiger partial charge in [-0.25, -0.2) is 0 Å². The van der Waals surface area contributed by atoms with Crippen LogP contribution in [-0.4, -0.2) is 0 Å². The van der Waals surface area contributed by atoms with Gasteiger partial charge in [0.1, 0.15) is 0 Å². The maximum Gasteiger partial charge on any atom is 0.0409 e. The summed E-state index contributed by atoms with van der Waals surface area (Å²) in [6, 6.07) is 19.4. The zero-order chi connectivity index (χ0) is 14.7. The Morgan fingerprint density at radius 3 is 2.05 bits per heavy atom. The van der Waals surface area contributed by atoms with Gasteiger partial charge in [0.05, 0.1) is 0 Å². The molecule has 0 unspecified atom stereocenters. The molecule has 0 aromatic heterocycles. The van der Waals surface area contributed by atoms with Crippen LogP contribution < -0.4 is 5.73 Å². The molecule has 2 aromatic carbocycles. The first-order valence-electron chi connectivity index (χ1n) is 8.16. The molecular weight excluding hydrogens is 254 g/mol. The maximum absolute atomic E-state index is 6.69. The lowest BCUT2D eigenvalue weighted by Gasteiger charge is -2.37. The van der Waals surface area contributed by atoms with Crippen molar-refractivity contribution >= 4 is 0 Å². The van der Waals surface area contributed by atoms with E-state index in [1.165, 1.54) is 36.0 Å². The Labute approximate surface area is 128 Å². The SMILES string of the molecule is CCC1CCC(N)(c2ccc(-c3ccccc3)cc2)CC1. The maximum atomic E-state index is 6.69. The molecule has 0 amide bonds. The Hall–Kier alpha value is -1.60. The largest absolute Gasteiger partial charge is 0.321 e. The van der Waals surface area contributed by atoms with Crippen LogP contribution in [-0.2, 0) is 5.54 Å². The third-order valence-corrected chi connectivity index (χ3v) is 5.14. The van der Waals surface area contributed by atoms with Crippen molar-refractivity contribution in [1.29, 1.82) is 0 Å². The van der Waals surface area contributed by atoms with E-state index in [2.05, 4.69) is 61.5 Å². The summed E-state index contributed by atoms with van der Waals surface area (Å²) in [6.45, 7) is 2.29. The fraction of sp³-hybridized carbons (Fsp3) is 0.400. The second kappa shape index (κ2) is 6.03. The van der Waals surface area contributed by atoms with Crippen molar-refractivity contribution in [3.63, 3.8) is 0 Å². The topological polar surface area (TPSA) is 26.0 Å². The molecule has 1 nitrogen and oxygen atoms in total. The molecule has 0 aliphatic heterocycles. The predicted octanol–water partition coefficient (Wildman–Crippen LogP) is 5.11. The van der Waals surface area contributed by atoms with Gasteiger partial charge >= 0.3 is 0 Å². The predicted molar refractivity (Wildman–Crippen MR) is 90.0 cm³/mol. The summed E-state index contributed by atoms with van der Waals surface area (Å²) in [5.41, 5.74) is 10.4. The summed E-state index contributed by atoms with van der Waals surface area (Å²) < 4.78 is 0. The highest BCUT2D eigenvalue weighted by Crippen LogP contribution is 2.39. The molecule has 1 heteroatoms. The molecule has 1 saturated carbocycles.